The maximum Gasteiger partial charge on any atom is 0.157 e. The lowest BCUT2D eigenvalue weighted by Gasteiger charge is -2.18. The summed E-state index contributed by atoms with van der Waals surface area (Å²) < 4.78 is 0. The number of halogens is 1. The first-order valence-corrected chi connectivity index (χ1v) is 6.70. The molecule has 1 fully saturated rings. The molecule has 0 heterocycles. The fourth-order valence-electron chi connectivity index (χ4n) is 2.78. The minimum atomic E-state index is -0.718. The van der Waals surface area contributed by atoms with Gasteiger partial charge in [0.15, 0.2) is 5.78 Å². The van der Waals surface area contributed by atoms with E-state index in [0.29, 0.717) is 16.5 Å². The van der Waals surface area contributed by atoms with Gasteiger partial charge in [-0.25, -0.2) is 0 Å². The number of rotatable bonds is 3. The largest absolute Gasteiger partial charge is 0.298 e. The van der Waals surface area contributed by atoms with Crippen molar-refractivity contribution in [2.75, 3.05) is 0 Å². The zero-order valence-electron chi connectivity index (χ0n) is 10.4. The van der Waals surface area contributed by atoms with Crippen LogP contribution < -0.4 is 0 Å². The summed E-state index contributed by atoms with van der Waals surface area (Å²) in [6.45, 7) is 2.09. The zero-order valence-corrected chi connectivity index (χ0v) is 11.2. The van der Waals surface area contributed by atoms with Gasteiger partial charge in [-0.05, 0) is 30.4 Å². The number of carbonyl (C=O) groups is 1. The highest BCUT2D eigenvalue weighted by Gasteiger charge is 2.35. The van der Waals surface area contributed by atoms with Crippen LogP contribution >= 0.6 is 11.6 Å². The standard InChI is InChI=1S/C15H16ClNO/c1-10-5-4-7-11(10)15(18)13(9-17)12-6-2-3-8-14(12)16/h2-3,6,8,10-11,13H,4-5,7H2,1H3. The molecule has 0 aliphatic heterocycles. The van der Waals surface area contributed by atoms with E-state index in [4.69, 9.17) is 11.6 Å². The number of ketones is 1. The SMILES string of the molecule is CC1CCCC1C(=O)C(C#N)c1ccccc1Cl. The van der Waals surface area contributed by atoms with Gasteiger partial charge in [0.1, 0.15) is 5.92 Å². The highest BCUT2D eigenvalue weighted by Crippen LogP contribution is 2.36. The molecule has 2 nitrogen and oxygen atoms in total. The van der Waals surface area contributed by atoms with Crippen molar-refractivity contribution < 1.29 is 4.79 Å². The molecule has 2 rings (SSSR count). The van der Waals surface area contributed by atoms with E-state index in [2.05, 4.69) is 13.0 Å². The summed E-state index contributed by atoms with van der Waals surface area (Å²) in [5.74, 6) is -0.276. The van der Waals surface area contributed by atoms with Crippen molar-refractivity contribution in [2.24, 2.45) is 11.8 Å². The smallest absolute Gasteiger partial charge is 0.157 e. The van der Waals surface area contributed by atoms with Gasteiger partial charge in [0.05, 0.1) is 6.07 Å². The normalized spacial score (nSPS) is 24.5. The van der Waals surface area contributed by atoms with E-state index in [1.54, 1.807) is 12.1 Å². The van der Waals surface area contributed by atoms with Crippen molar-refractivity contribution in [3.8, 4) is 6.07 Å². The van der Waals surface area contributed by atoms with E-state index in [1.165, 1.54) is 0 Å². The van der Waals surface area contributed by atoms with Gasteiger partial charge in [-0.3, -0.25) is 4.79 Å². The van der Waals surface area contributed by atoms with Crippen molar-refractivity contribution in [1.29, 1.82) is 5.26 Å². The molecule has 1 aliphatic carbocycles. The average Bonchev–Trinajstić information content (AvgIpc) is 2.78. The van der Waals surface area contributed by atoms with E-state index < -0.39 is 5.92 Å². The minimum Gasteiger partial charge on any atom is -0.298 e. The van der Waals surface area contributed by atoms with Crippen molar-refractivity contribution in [3.63, 3.8) is 0 Å². The number of nitrogens with zero attached hydrogens (tertiary/aromatic N) is 1. The van der Waals surface area contributed by atoms with Crippen molar-refractivity contribution >= 4 is 17.4 Å². The maximum atomic E-state index is 12.5. The maximum absolute atomic E-state index is 12.5. The second-order valence-corrected chi connectivity index (χ2v) is 5.41. The number of benzene rings is 1. The van der Waals surface area contributed by atoms with Gasteiger partial charge < -0.3 is 0 Å². The van der Waals surface area contributed by atoms with Crippen molar-refractivity contribution in [1.82, 2.24) is 0 Å². The predicted octanol–water partition coefficient (Wildman–Crippen LogP) is 3.95. The third-order valence-corrected chi connectivity index (χ3v) is 4.20. The van der Waals surface area contributed by atoms with Crippen LogP contribution in [0.25, 0.3) is 0 Å². The van der Waals surface area contributed by atoms with Crippen LogP contribution in [0.5, 0.6) is 0 Å². The molecular weight excluding hydrogens is 246 g/mol. The molecule has 0 spiro atoms. The van der Waals surface area contributed by atoms with Gasteiger partial charge >= 0.3 is 0 Å². The Morgan fingerprint density at radius 2 is 2.17 bits per heavy atom. The molecule has 0 saturated heterocycles. The van der Waals surface area contributed by atoms with Crippen molar-refractivity contribution in [3.05, 3.63) is 34.9 Å². The van der Waals surface area contributed by atoms with Crippen LogP contribution in [0.15, 0.2) is 24.3 Å². The molecule has 0 aromatic heterocycles. The van der Waals surface area contributed by atoms with Crippen LogP contribution in [0.3, 0.4) is 0 Å². The molecule has 3 atom stereocenters. The highest BCUT2D eigenvalue weighted by atomic mass is 35.5. The van der Waals surface area contributed by atoms with Gasteiger partial charge in [0, 0.05) is 10.9 Å². The first-order valence-electron chi connectivity index (χ1n) is 6.33. The Balaban J connectivity index is 2.27. The molecule has 18 heavy (non-hydrogen) atoms. The number of hydrogen-bond donors (Lipinski definition) is 0. The van der Waals surface area contributed by atoms with Gasteiger partial charge in [-0.1, -0.05) is 43.1 Å². The van der Waals surface area contributed by atoms with Crippen LogP contribution in [0.2, 0.25) is 5.02 Å². The summed E-state index contributed by atoms with van der Waals surface area (Å²) in [7, 11) is 0. The molecule has 1 aromatic carbocycles. The Kier molecular flexibility index (Phi) is 4.04. The lowest BCUT2D eigenvalue weighted by Crippen LogP contribution is -2.23. The molecule has 0 radical (unpaired) electrons. The summed E-state index contributed by atoms with van der Waals surface area (Å²) in [6, 6.07) is 9.25. The Morgan fingerprint density at radius 1 is 1.44 bits per heavy atom. The van der Waals surface area contributed by atoms with Crippen LogP contribution in [-0.4, -0.2) is 5.78 Å². The fraction of sp³-hybridized carbons (Fsp3) is 0.467. The van der Waals surface area contributed by atoms with Crippen LogP contribution in [0, 0.1) is 23.2 Å². The van der Waals surface area contributed by atoms with Crippen molar-refractivity contribution in [2.45, 2.75) is 32.1 Å². The van der Waals surface area contributed by atoms with E-state index >= 15 is 0 Å². The third kappa shape index (κ3) is 2.42. The van der Waals surface area contributed by atoms with Gasteiger partial charge in [-0.15, -0.1) is 0 Å². The average molecular weight is 262 g/mol. The fourth-order valence-corrected chi connectivity index (χ4v) is 3.02. The van der Waals surface area contributed by atoms with E-state index in [-0.39, 0.29) is 11.7 Å². The van der Waals surface area contributed by atoms with Gasteiger partial charge in [0.25, 0.3) is 0 Å². The third-order valence-electron chi connectivity index (χ3n) is 3.86. The van der Waals surface area contributed by atoms with Gasteiger partial charge in [-0.2, -0.15) is 5.26 Å². The zero-order chi connectivity index (χ0) is 13.1. The Labute approximate surface area is 113 Å². The number of Topliss-reactive ketones (excluding diaryl/α,β-unsaturated/α-hetero) is 1. The summed E-state index contributed by atoms with van der Waals surface area (Å²) >= 11 is 6.08. The molecule has 0 N–H and O–H groups in total. The summed E-state index contributed by atoms with van der Waals surface area (Å²) in [5, 5.41) is 9.79. The lowest BCUT2D eigenvalue weighted by molar-refractivity contribution is -0.124. The summed E-state index contributed by atoms with van der Waals surface area (Å²) in [5.41, 5.74) is 0.644. The van der Waals surface area contributed by atoms with Gasteiger partial charge in [0.2, 0.25) is 0 Å². The Morgan fingerprint density at radius 3 is 2.72 bits per heavy atom. The van der Waals surface area contributed by atoms with Crippen LogP contribution in [0.1, 0.15) is 37.7 Å². The molecule has 0 amide bonds. The lowest BCUT2D eigenvalue weighted by atomic mass is 9.83. The Bertz CT molecular complexity index is 492. The van der Waals surface area contributed by atoms with Crippen LogP contribution in [0.4, 0.5) is 0 Å². The molecule has 1 aromatic rings. The second-order valence-electron chi connectivity index (χ2n) is 5.00. The first-order chi connectivity index (χ1) is 8.65. The molecule has 3 unspecified atom stereocenters. The molecule has 1 saturated carbocycles. The highest BCUT2D eigenvalue weighted by molar-refractivity contribution is 6.31. The molecule has 94 valence electrons. The summed E-state index contributed by atoms with van der Waals surface area (Å²) in [6.07, 6.45) is 3.07. The molecule has 3 heteroatoms. The monoisotopic (exact) mass is 261 g/mol. The first kappa shape index (κ1) is 13.1. The van der Waals surface area contributed by atoms with E-state index in [0.717, 1.165) is 19.3 Å². The minimum absolute atomic E-state index is 0.0194. The van der Waals surface area contributed by atoms with Crippen LogP contribution in [-0.2, 0) is 4.79 Å². The topological polar surface area (TPSA) is 40.9 Å². The number of carbonyl (C=O) groups excluding carboxylic acids is 1. The van der Waals surface area contributed by atoms with E-state index in [9.17, 15) is 10.1 Å². The Hall–Kier alpha value is -1.33. The molecule has 0 bridgehead atoms. The summed E-state index contributed by atoms with van der Waals surface area (Å²) in [4.78, 5) is 12.5. The predicted molar refractivity (Wildman–Crippen MR) is 71.3 cm³/mol. The molecular formula is C15H16ClNO. The van der Waals surface area contributed by atoms with E-state index in [1.807, 2.05) is 12.1 Å². The number of nitriles is 1. The number of hydrogen-bond acceptors (Lipinski definition) is 2. The quantitative estimate of drug-likeness (QED) is 0.827. The molecule has 1 aliphatic rings. The second kappa shape index (κ2) is 5.54.